The van der Waals surface area contributed by atoms with Gasteiger partial charge in [0.05, 0.1) is 22.9 Å². The molecule has 8 heteroatoms. The van der Waals surface area contributed by atoms with Gasteiger partial charge in [-0.1, -0.05) is 24.3 Å². The monoisotopic (exact) mass is 418 g/mol. The fourth-order valence-electron chi connectivity index (χ4n) is 3.94. The van der Waals surface area contributed by atoms with Crippen molar-refractivity contribution in [3.05, 3.63) is 59.5 Å². The van der Waals surface area contributed by atoms with Gasteiger partial charge < -0.3 is 10.0 Å². The summed E-state index contributed by atoms with van der Waals surface area (Å²) >= 11 is 0. The fourth-order valence-corrected chi connectivity index (χ4v) is 3.94. The van der Waals surface area contributed by atoms with E-state index in [1.54, 1.807) is 18.2 Å². The van der Waals surface area contributed by atoms with Gasteiger partial charge in [0.25, 0.3) is 5.78 Å². The van der Waals surface area contributed by atoms with E-state index in [4.69, 9.17) is 0 Å². The molecule has 0 radical (unpaired) electrons. The molecule has 0 aliphatic carbocycles. The van der Waals surface area contributed by atoms with Crippen LogP contribution in [0.2, 0.25) is 0 Å². The number of β-amino-alcohol motifs (C(OH)–C–C–N with tert-alkyl or cyclic N) is 1. The van der Waals surface area contributed by atoms with Gasteiger partial charge in [0.2, 0.25) is 0 Å². The van der Waals surface area contributed by atoms with Crippen LogP contribution in [0, 0.1) is 12.7 Å². The maximum atomic E-state index is 13.5. The second kappa shape index (κ2) is 7.36. The van der Waals surface area contributed by atoms with Crippen LogP contribution in [-0.4, -0.2) is 41.2 Å². The molecule has 1 aliphatic heterocycles. The van der Waals surface area contributed by atoms with Crippen LogP contribution in [0.4, 0.5) is 23.2 Å². The topological polar surface area (TPSA) is 53.4 Å². The van der Waals surface area contributed by atoms with Crippen molar-refractivity contribution in [2.75, 3.05) is 18.0 Å². The number of halogens is 4. The van der Waals surface area contributed by atoms with E-state index in [9.17, 15) is 27.5 Å². The molecule has 0 saturated carbocycles. The number of para-hydroxylation sites is 1. The Bertz CT molecular complexity index is 1130. The minimum Gasteiger partial charge on any atom is -0.391 e. The normalized spacial score (nSPS) is 17.0. The Balaban J connectivity index is 2.04. The highest BCUT2D eigenvalue weighted by molar-refractivity contribution is 6.14. The van der Waals surface area contributed by atoms with Crippen molar-refractivity contribution in [3.8, 4) is 11.1 Å². The van der Waals surface area contributed by atoms with Crippen LogP contribution in [0.15, 0.2) is 42.5 Å². The molecule has 1 saturated heterocycles. The van der Waals surface area contributed by atoms with Gasteiger partial charge in [-0.25, -0.2) is 4.39 Å². The number of benzene rings is 2. The molecule has 1 fully saturated rings. The second-order valence-corrected chi connectivity index (χ2v) is 7.34. The molecule has 0 spiro atoms. The zero-order valence-corrected chi connectivity index (χ0v) is 16.0. The predicted molar refractivity (Wildman–Crippen MR) is 105 cm³/mol. The van der Waals surface area contributed by atoms with E-state index >= 15 is 0 Å². The van der Waals surface area contributed by atoms with Crippen LogP contribution in [0.3, 0.4) is 0 Å². The summed E-state index contributed by atoms with van der Waals surface area (Å²) in [4.78, 5) is 18.6. The zero-order chi connectivity index (χ0) is 21.6. The number of pyridine rings is 1. The molecular weight excluding hydrogens is 400 g/mol. The smallest absolute Gasteiger partial charge is 0.391 e. The van der Waals surface area contributed by atoms with Gasteiger partial charge in [-0.2, -0.15) is 13.2 Å². The van der Waals surface area contributed by atoms with Gasteiger partial charge in [0.1, 0.15) is 5.82 Å². The average molecular weight is 418 g/mol. The fraction of sp³-hybridized carbons (Fsp3) is 0.273. The summed E-state index contributed by atoms with van der Waals surface area (Å²) in [6.07, 6.45) is -5.00. The number of fused-ring (bicyclic) bond motifs is 1. The van der Waals surface area contributed by atoms with Crippen LogP contribution in [-0.2, 0) is 0 Å². The van der Waals surface area contributed by atoms with E-state index in [1.165, 1.54) is 19.1 Å². The number of aliphatic hydroxyl groups excluding tert-OH is 1. The highest BCUT2D eigenvalue weighted by Gasteiger charge is 2.42. The highest BCUT2D eigenvalue weighted by Crippen LogP contribution is 2.39. The largest absolute Gasteiger partial charge is 0.454 e. The SMILES string of the molecule is Cc1nc2c(N3CCC(O)C3)cccc2c(-c2ccc(F)cc2)c1C(=O)C(F)(F)F. The number of aromatic nitrogens is 1. The van der Waals surface area contributed by atoms with Crippen molar-refractivity contribution < 1.29 is 27.5 Å². The third-order valence-electron chi connectivity index (χ3n) is 5.30. The molecule has 156 valence electrons. The van der Waals surface area contributed by atoms with Crippen LogP contribution < -0.4 is 4.90 Å². The van der Waals surface area contributed by atoms with Crippen molar-refractivity contribution in [2.24, 2.45) is 0 Å². The first-order valence-corrected chi connectivity index (χ1v) is 9.40. The van der Waals surface area contributed by atoms with Crippen molar-refractivity contribution in [1.29, 1.82) is 0 Å². The molecule has 1 aromatic heterocycles. The number of aliphatic hydroxyl groups is 1. The first kappa shape index (κ1) is 20.3. The summed E-state index contributed by atoms with van der Waals surface area (Å²) in [5.41, 5.74) is 0.861. The number of carbonyl (C=O) groups excluding carboxylic acids is 1. The van der Waals surface area contributed by atoms with Crippen LogP contribution in [0.5, 0.6) is 0 Å². The molecule has 2 heterocycles. The molecule has 1 N–H and O–H groups in total. The van der Waals surface area contributed by atoms with Crippen LogP contribution >= 0.6 is 0 Å². The number of rotatable bonds is 3. The van der Waals surface area contributed by atoms with Gasteiger partial charge in [-0.05, 0) is 37.1 Å². The Morgan fingerprint density at radius 2 is 1.87 bits per heavy atom. The van der Waals surface area contributed by atoms with E-state index in [0.717, 1.165) is 12.1 Å². The van der Waals surface area contributed by atoms with Crippen molar-refractivity contribution in [1.82, 2.24) is 4.98 Å². The summed E-state index contributed by atoms with van der Waals surface area (Å²) in [7, 11) is 0. The molecule has 1 unspecified atom stereocenters. The van der Waals surface area contributed by atoms with E-state index < -0.39 is 29.4 Å². The first-order chi connectivity index (χ1) is 14.2. The molecule has 4 rings (SSSR count). The Hall–Kier alpha value is -3.00. The lowest BCUT2D eigenvalue weighted by Gasteiger charge is -2.22. The van der Waals surface area contributed by atoms with Crippen LogP contribution in [0.1, 0.15) is 22.5 Å². The van der Waals surface area contributed by atoms with Crippen molar-refractivity contribution >= 4 is 22.4 Å². The van der Waals surface area contributed by atoms with E-state index in [0.29, 0.717) is 36.1 Å². The lowest BCUT2D eigenvalue weighted by molar-refractivity contribution is -0.0885. The number of nitrogens with zero attached hydrogens (tertiary/aromatic N) is 2. The minimum absolute atomic E-state index is 0.0589. The van der Waals surface area contributed by atoms with Gasteiger partial charge in [0.15, 0.2) is 0 Å². The van der Waals surface area contributed by atoms with Crippen molar-refractivity contribution in [3.63, 3.8) is 0 Å². The summed E-state index contributed by atoms with van der Waals surface area (Å²) in [5.74, 6) is -2.53. The average Bonchev–Trinajstić information content (AvgIpc) is 3.12. The maximum absolute atomic E-state index is 13.5. The van der Waals surface area contributed by atoms with Crippen LogP contribution in [0.25, 0.3) is 22.0 Å². The number of aryl methyl sites for hydroxylation is 1. The second-order valence-electron chi connectivity index (χ2n) is 7.34. The standard InChI is InChI=1S/C22H18F4N2O2/c1-12-18(21(30)22(24,25)26)19(13-5-7-14(23)8-6-13)16-3-2-4-17(20(16)27-12)28-10-9-15(29)11-28/h2-8,15,29H,9-11H2,1H3. The zero-order valence-electron chi connectivity index (χ0n) is 16.0. The van der Waals surface area contributed by atoms with E-state index in [1.807, 2.05) is 4.90 Å². The van der Waals surface area contributed by atoms with Gasteiger partial charge in [-0.3, -0.25) is 9.78 Å². The number of alkyl halides is 3. The number of ketones is 1. The molecule has 4 nitrogen and oxygen atoms in total. The number of hydrogen-bond donors (Lipinski definition) is 1. The summed E-state index contributed by atoms with van der Waals surface area (Å²) in [5, 5.41) is 10.2. The van der Waals surface area contributed by atoms with Gasteiger partial charge >= 0.3 is 6.18 Å². The molecule has 1 aliphatic rings. The Morgan fingerprint density at radius 3 is 2.47 bits per heavy atom. The summed E-state index contributed by atoms with van der Waals surface area (Å²) < 4.78 is 53.6. The van der Waals surface area contributed by atoms with Crippen molar-refractivity contribution in [2.45, 2.75) is 25.6 Å². The summed E-state index contributed by atoms with van der Waals surface area (Å²) in [6, 6.07) is 10.0. The van der Waals surface area contributed by atoms with Gasteiger partial charge in [0, 0.05) is 29.7 Å². The predicted octanol–water partition coefficient (Wildman–Crippen LogP) is 4.67. The molecule has 30 heavy (non-hydrogen) atoms. The first-order valence-electron chi connectivity index (χ1n) is 9.40. The Kier molecular flexibility index (Phi) is 4.97. The summed E-state index contributed by atoms with van der Waals surface area (Å²) in [6.45, 7) is 2.33. The van der Waals surface area contributed by atoms with E-state index in [2.05, 4.69) is 4.98 Å². The molecule has 0 amide bonds. The molecular formula is C22H18F4N2O2. The number of hydrogen-bond acceptors (Lipinski definition) is 4. The lowest BCUT2D eigenvalue weighted by atomic mass is 9.91. The number of anilines is 1. The minimum atomic E-state index is -5.08. The lowest BCUT2D eigenvalue weighted by Crippen LogP contribution is -2.25. The third kappa shape index (κ3) is 3.52. The Labute approximate surface area is 169 Å². The maximum Gasteiger partial charge on any atom is 0.454 e. The number of carbonyl (C=O) groups is 1. The molecule has 2 aromatic carbocycles. The third-order valence-corrected chi connectivity index (χ3v) is 5.30. The number of Topliss-reactive ketones (excluding diaryl/α,β-unsaturated/α-hetero) is 1. The van der Waals surface area contributed by atoms with E-state index in [-0.39, 0.29) is 16.8 Å². The molecule has 0 bridgehead atoms. The van der Waals surface area contributed by atoms with Gasteiger partial charge in [-0.15, -0.1) is 0 Å². The highest BCUT2D eigenvalue weighted by atomic mass is 19.4. The quantitative estimate of drug-likeness (QED) is 0.496. The molecule has 1 atom stereocenters. The molecule has 3 aromatic rings. The Morgan fingerprint density at radius 1 is 1.17 bits per heavy atom.